The highest BCUT2D eigenvalue weighted by Crippen LogP contribution is 2.33. The van der Waals surface area contributed by atoms with Crippen LogP contribution in [-0.2, 0) is 9.59 Å². The number of ether oxygens (including phenoxy) is 2. The zero-order valence-electron chi connectivity index (χ0n) is 16.1. The first-order valence-electron chi connectivity index (χ1n) is 9.59. The van der Waals surface area contributed by atoms with Crippen LogP contribution in [0.4, 0.5) is 5.69 Å². The van der Waals surface area contributed by atoms with Crippen molar-refractivity contribution in [1.82, 2.24) is 5.32 Å². The van der Waals surface area contributed by atoms with Crippen LogP contribution in [0.1, 0.15) is 28.8 Å². The van der Waals surface area contributed by atoms with Crippen LogP contribution in [0.2, 0.25) is 0 Å². The van der Waals surface area contributed by atoms with E-state index in [1.807, 2.05) is 31.2 Å². The summed E-state index contributed by atoms with van der Waals surface area (Å²) in [6.45, 7) is 1.62. The van der Waals surface area contributed by atoms with Crippen LogP contribution in [-0.4, -0.2) is 43.4 Å². The van der Waals surface area contributed by atoms with E-state index in [1.54, 1.807) is 18.2 Å². The van der Waals surface area contributed by atoms with Crippen LogP contribution in [0.15, 0.2) is 42.5 Å². The third-order valence-corrected chi connectivity index (χ3v) is 4.86. The smallest absolute Gasteiger partial charge is 0.265 e. The number of ketones is 1. The average molecular weight is 394 g/mol. The fourth-order valence-electron chi connectivity index (χ4n) is 3.06. The molecule has 0 spiro atoms. The molecule has 2 aromatic rings. The minimum Gasteiger partial charge on any atom is -0.485 e. The van der Waals surface area contributed by atoms with Crippen LogP contribution < -0.4 is 19.7 Å². The Balaban J connectivity index is 1.47. The summed E-state index contributed by atoms with van der Waals surface area (Å²) in [4.78, 5) is 38.5. The van der Waals surface area contributed by atoms with Gasteiger partial charge in [0.2, 0.25) is 5.91 Å². The molecule has 29 heavy (non-hydrogen) atoms. The average Bonchev–Trinajstić information content (AvgIpc) is 3.53. The van der Waals surface area contributed by atoms with Gasteiger partial charge < -0.3 is 14.8 Å². The number of nitrogens with zero attached hydrogens (tertiary/aromatic N) is 1. The number of Topliss-reactive ketones (excluding diaryl/α,β-unsaturated/α-hetero) is 1. The molecule has 0 saturated heterocycles. The van der Waals surface area contributed by atoms with Gasteiger partial charge >= 0.3 is 0 Å². The second kappa shape index (κ2) is 7.95. The molecule has 1 N–H and O–H groups in total. The number of fused-ring (bicyclic) bond motifs is 1. The lowest BCUT2D eigenvalue weighted by Gasteiger charge is -2.29. The molecule has 7 nitrogen and oxygen atoms in total. The molecule has 0 atom stereocenters. The zero-order valence-corrected chi connectivity index (χ0v) is 16.1. The van der Waals surface area contributed by atoms with E-state index >= 15 is 0 Å². The largest absolute Gasteiger partial charge is 0.485 e. The molecule has 0 bridgehead atoms. The van der Waals surface area contributed by atoms with Gasteiger partial charge in [-0.1, -0.05) is 17.7 Å². The fourth-order valence-corrected chi connectivity index (χ4v) is 3.06. The molecule has 2 amide bonds. The highest BCUT2D eigenvalue weighted by Gasteiger charge is 2.30. The highest BCUT2D eigenvalue weighted by molar-refractivity contribution is 6.04. The number of amides is 2. The second-order valence-electron chi connectivity index (χ2n) is 7.32. The van der Waals surface area contributed by atoms with E-state index in [1.165, 1.54) is 4.90 Å². The van der Waals surface area contributed by atoms with Gasteiger partial charge in [-0.05, 0) is 50.1 Å². The Kier molecular flexibility index (Phi) is 5.20. The molecule has 0 unspecified atom stereocenters. The van der Waals surface area contributed by atoms with Gasteiger partial charge in [-0.3, -0.25) is 19.3 Å². The van der Waals surface area contributed by atoms with Crippen molar-refractivity contribution < 1.29 is 23.9 Å². The summed E-state index contributed by atoms with van der Waals surface area (Å²) in [6, 6.07) is 12.5. The van der Waals surface area contributed by atoms with Crippen LogP contribution in [0.5, 0.6) is 11.5 Å². The van der Waals surface area contributed by atoms with Crippen molar-refractivity contribution in [3.8, 4) is 11.5 Å². The summed E-state index contributed by atoms with van der Waals surface area (Å²) in [5.74, 6) is 0.324. The Labute approximate surface area is 168 Å². The molecule has 150 valence electrons. The Morgan fingerprint density at radius 1 is 1.17 bits per heavy atom. The predicted molar refractivity (Wildman–Crippen MR) is 106 cm³/mol. The second-order valence-corrected chi connectivity index (χ2v) is 7.32. The molecule has 1 aliphatic heterocycles. The van der Waals surface area contributed by atoms with Gasteiger partial charge in [0.15, 0.2) is 19.0 Å². The number of hydrogen-bond acceptors (Lipinski definition) is 5. The van der Waals surface area contributed by atoms with Gasteiger partial charge in [0.1, 0.15) is 18.0 Å². The Morgan fingerprint density at radius 3 is 2.66 bits per heavy atom. The first-order chi connectivity index (χ1) is 14.0. The summed E-state index contributed by atoms with van der Waals surface area (Å²) in [7, 11) is 0. The van der Waals surface area contributed by atoms with E-state index in [0.717, 1.165) is 18.4 Å². The number of benzene rings is 2. The van der Waals surface area contributed by atoms with E-state index in [-0.39, 0.29) is 43.4 Å². The third kappa shape index (κ3) is 4.56. The van der Waals surface area contributed by atoms with Crippen molar-refractivity contribution in [3.05, 3.63) is 53.6 Å². The van der Waals surface area contributed by atoms with Crippen molar-refractivity contribution in [2.75, 3.05) is 24.7 Å². The lowest BCUT2D eigenvalue weighted by atomic mass is 10.1. The number of carbonyl (C=O) groups excluding carboxylic acids is 3. The molecule has 0 aromatic heterocycles. The topological polar surface area (TPSA) is 84.9 Å². The molecule has 1 heterocycles. The van der Waals surface area contributed by atoms with Crippen molar-refractivity contribution in [3.63, 3.8) is 0 Å². The van der Waals surface area contributed by atoms with E-state index in [4.69, 9.17) is 9.47 Å². The molecule has 2 aliphatic rings. The van der Waals surface area contributed by atoms with Crippen molar-refractivity contribution in [2.24, 2.45) is 0 Å². The van der Waals surface area contributed by atoms with Crippen LogP contribution in [0.3, 0.4) is 0 Å². The fraction of sp³-hybridized carbons (Fsp3) is 0.318. The van der Waals surface area contributed by atoms with Crippen LogP contribution in [0, 0.1) is 6.92 Å². The van der Waals surface area contributed by atoms with Gasteiger partial charge in [-0.25, -0.2) is 0 Å². The molecule has 1 aliphatic carbocycles. The summed E-state index contributed by atoms with van der Waals surface area (Å²) in [6.07, 6.45) is 1.94. The maximum absolute atomic E-state index is 12.6. The number of anilines is 1. The quantitative estimate of drug-likeness (QED) is 0.728. The standard InChI is InChI=1S/C22H22N2O5/c1-14-2-7-17(8-3-14)28-12-19(25)15-4-9-20-18(10-15)24(22(27)13-29-20)11-21(26)23-16-5-6-16/h2-4,7-10,16H,5-6,11-13H2,1H3,(H,23,26). The Morgan fingerprint density at radius 2 is 1.93 bits per heavy atom. The Hall–Kier alpha value is -3.35. The number of hydrogen-bond donors (Lipinski definition) is 1. The number of nitrogens with one attached hydrogen (secondary N) is 1. The summed E-state index contributed by atoms with van der Waals surface area (Å²) in [5.41, 5.74) is 1.92. The van der Waals surface area contributed by atoms with Crippen LogP contribution >= 0.6 is 0 Å². The lowest BCUT2D eigenvalue weighted by Crippen LogP contribution is -2.45. The minimum atomic E-state index is -0.316. The van der Waals surface area contributed by atoms with Crippen molar-refractivity contribution >= 4 is 23.3 Å². The summed E-state index contributed by atoms with van der Waals surface area (Å²) in [5, 5.41) is 2.87. The molecule has 4 rings (SSSR count). The van der Waals surface area contributed by atoms with Gasteiger partial charge in [0.25, 0.3) is 5.91 Å². The van der Waals surface area contributed by atoms with Gasteiger partial charge in [0, 0.05) is 11.6 Å². The molecular weight excluding hydrogens is 372 g/mol. The SMILES string of the molecule is Cc1ccc(OCC(=O)c2ccc3c(c2)N(CC(=O)NC2CC2)C(=O)CO3)cc1. The monoisotopic (exact) mass is 394 g/mol. The normalized spacial score (nSPS) is 15.3. The summed E-state index contributed by atoms with van der Waals surface area (Å²) < 4.78 is 11.0. The van der Waals surface area contributed by atoms with Gasteiger partial charge in [-0.2, -0.15) is 0 Å². The number of rotatable bonds is 7. The maximum atomic E-state index is 12.6. The predicted octanol–water partition coefficient (Wildman–Crippen LogP) is 2.26. The summed E-state index contributed by atoms with van der Waals surface area (Å²) >= 11 is 0. The number of aryl methyl sites for hydroxylation is 1. The first kappa shape index (κ1) is 19.0. The van der Waals surface area contributed by atoms with Crippen LogP contribution in [0.25, 0.3) is 0 Å². The lowest BCUT2D eigenvalue weighted by molar-refractivity contribution is -0.125. The molecular formula is C22H22N2O5. The first-order valence-corrected chi connectivity index (χ1v) is 9.59. The molecule has 1 saturated carbocycles. The van der Waals surface area contributed by atoms with E-state index < -0.39 is 0 Å². The molecule has 2 aromatic carbocycles. The van der Waals surface area contributed by atoms with E-state index in [0.29, 0.717) is 22.7 Å². The molecule has 7 heteroatoms. The van der Waals surface area contributed by atoms with Gasteiger partial charge in [0.05, 0.1) is 5.69 Å². The van der Waals surface area contributed by atoms with E-state index in [9.17, 15) is 14.4 Å². The molecule has 0 radical (unpaired) electrons. The van der Waals surface area contributed by atoms with E-state index in [2.05, 4.69) is 5.32 Å². The molecule has 1 fully saturated rings. The van der Waals surface area contributed by atoms with Crippen molar-refractivity contribution in [2.45, 2.75) is 25.8 Å². The number of carbonyl (C=O) groups is 3. The maximum Gasteiger partial charge on any atom is 0.265 e. The highest BCUT2D eigenvalue weighted by atomic mass is 16.5. The Bertz CT molecular complexity index is 950. The van der Waals surface area contributed by atoms with Crippen molar-refractivity contribution in [1.29, 1.82) is 0 Å². The zero-order chi connectivity index (χ0) is 20.4. The third-order valence-electron chi connectivity index (χ3n) is 4.86. The minimum absolute atomic E-state index is 0.0940. The van der Waals surface area contributed by atoms with Gasteiger partial charge in [-0.15, -0.1) is 0 Å².